The van der Waals surface area contributed by atoms with E-state index in [1.165, 1.54) is 12.1 Å². The van der Waals surface area contributed by atoms with Crippen molar-refractivity contribution in [3.05, 3.63) is 83.8 Å². The van der Waals surface area contributed by atoms with Crippen LogP contribution in [0, 0.1) is 0 Å². The maximum Gasteiger partial charge on any atom is 0.283 e. The van der Waals surface area contributed by atoms with E-state index in [1.54, 1.807) is 28.9 Å². The molecule has 4 rings (SSSR count). The highest BCUT2D eigenvalue weighted by Gasteiger charge is 2.26. The molecule has 0 fully saturated rings. The molecule has 0 bridgehead atoms. The van der Waals surface area contributed by atoms with E-state index in [0.717, 1.165) is 16.5 Å². The van der Waals surface area contributed by atoms with Crippen LogP contribution in [-0.4, -0.2) is 28.7 Å². The maximum absolute atomic E-state index is 13.1. The van der Waals surface area contributed by atoms with Gasteiger partial charge in [-0.3, -0.25) is 9.48 Å². The van der Waals surface area contributed by atoms with Crippen LogP contribution >= 0.6 is 0 Å². The summed E-state index contributed by atoms with van der Waals surface area (Å²) >= 11 is 0. The predicted octanol–water partition coefficient (Wildman–Crippen LogP) is 3.84. The first-order valence-corrected chi connectivity index (χ1v) is 11.8. The third kappa shape index (κ3) is 4.18. The van der Waals surface area contributed by atoms with Gasteiger partial charge in [-0.2, -0.15) is 5.10 Å². The highest BCUT2D eigenvalue weighted by molar-refractivity contribution is 7.90. The van der Waals surface area contributed by atoms with Crippen molar-refractivity contribution in [1.29, 1.82) is 0 Å². The van der Waals surface area contributed by atoms with Crippen LogP contribution in [0.15, 0.2) is 71.8 Å². The lowest BCUT2D eigenvalue weighted by atomic mass is 9.92. The predicted molar refractivity (Wildman–Crippen MR) is 124 cm³/mol. The van der Waals surface area contributed by atoms with Gasteiger partial charge in [-0.15, -0.1) is 0 Å². The molecule has 4 aromatic rings. The second kappa shape index (κ2) is 7.94. The Bertz CT molecular complexity index is 1390. The van der Waals surface area contributed by atoms with Gasteiger partial charge in [0.15, 0.2) is 0 Å². The lowest BCUT2D eigenvalue weighted by Gasteiger charge is -2.14. The third-order valence-electron chi connectivity index (χ3n) is 5.40. The van der Waals surface area contributed by atoms with Crippen molar-refractivity contribution in [3.63, 3.8) is 0 Å². The molecule has 0 spiro atoms. The number of sulfonamides is 1. The maximum atomic E-state index is 13.1. The first kappa shape index (κ1) is 21.8. The molecule has 0 aliphatic heterocycles. The highest BCUT2D eigenvalue weighted by atomic mass is 32.2. The van der Waals surface area contributed by atoms with E-state index >= 15 is 0 Å². The van der Waals surface area contributed by atoms with E-state index < -0.39 is 15.9 Å². The van der Waals surface area contributed by atoms with Crippen LogP contribution in [0.5, 0.6) is 0 Å². The summed E-state index contributed by atoms with van der Waals surface area (Å²) in [5, 5.41) is 5.73. The molecule has 1 amide bonds. The second-order valence-electron chi connectivity index (χ2n) is 8.85. The Hall–Kier alpha value is -3.39. The highest BCUT2D eigenvalue weighted by Crippen LogP contribution is 2.25. The molecular formula is C24H26N4O3S. The minimum absolute atomic E-state index is 0.0320. The van der Waals surface area contributed by atoms with Gasteiger partial charge in [0.2, 0.25) is 0 Å². The van der Waals surface area contributed by atoms with Crippen molar-refractivity contribution >= 4 is 26.8 Å². The topological polar surface area (TPSA) is 86.0 Å². The van der Waals surface area contributed by atoms with Crippen molar-refractivity contribution in [2.45, 2.75) is 37.6 Å². The molecule has 1 N–H and O–H groups in total. The Balaban J connectivity index is 1.73. The molecule has 0 aliphatic rings. The molecule has 2 heterocycles. The summed E-state index contributed by atoms with van der Waals surface area (Å²) in [6.07, 6.45) is 1.98. The van der Waals surface area contributed by atoms with Crippen LogP contribution in [0.4, 0.5) is 0 Å². The van der Waals surface area contributed by atoms with Crippen molar-refractivity contribution in [2.75, 3.05) is 0 Å². The van der Waals surface area contributed by atoms with Gasteiger partial charge in [-0.25, -0.2) is 13.1 Å². The minimum atomic E-state index is -4.00. The molecule has 0 radical (unpaired) electrons. The zero-order chi connectivity index (χ0) is 23.1. The Morgan fingerprint density at radius 1 is 1.03 bits per heavy atom. The molecule has 0 atom stereocenters. The smallest absolute Gasteiger partial charge is 0.283 e. The number of aromatic nitrogens is 3. The zero-order valence-corrected chi connectivity index (χ0v) is 19.3. The molecule has 7 nitrogen and oxygen atoms in total. The molecule has 0 saturated heterocycles. The average molecular weight is 451 g/mol. The monoisotopic (exact) mass is 450 g/mol. The summed E-state index contributed by atoms with van der Waals surface area (Å²) in [4.78, 5) is 13.1. The zero-order valence-electron chi connectivity index (χ0n) is 18.5. The Kier molecular flexibility index (Phi) is 5.42. The number of nitrogens with one attached hydrogen (secondary N) is 1. The van der Waals surface area contributed by atoms with E-state index in [2.05, 4.69) is 9.82 Å². The SMILES string of the molecule is Cn1ccc2c(Cn3nc(C(C)(C)C)cc3C(=O)NS(=O)(=O)c3ccccc3)cccc21. The van der Waals surface area contributed by atoms with Crippen LogP contribution in [0.25, 0.3) is 10.9 Å². The molecule has 0 aliphatic carbocycles. The van der Waals surface area contributed by atoms with Gasteiger partial charge in [0.05, 0.1) is 17.1 Å². The van der Waals surface area contributed by atoms with Gasteiger partial charge in [-0.1, -0.05) is 51.1 Å². The third-order valence-corrected chi connectivity index (χ3v) is 6.75. The number of amides is 1. The molecule has 32 heavy (non-hydrogen) atoms. The summed E-state index contributed by atoms with van der Waals surface area (Å²) in [5.74, 6) is -0.711. The van der Waals surface area contributed by atoms with Crippen LogP contribution in [0.3, 0.4) is 0 Å². The summed E-state index contributed by atoms with van der Waals surface area (Å²) in [6.45, 7) is 6.34. The van der Waals surface area contributed by atoms with E-state index in [1.807, 2.05) is 62.8 Å². The second-order valence-corrected chi connectivity index (χ2v) is 10.5. The summed E-state index contributed by atoms with van der Waals surface area (Å²) < 4.78 is 31.2. The van der Waals surface area contributed by atoms with Crippen LogP contribution in [0.1, 0.15) is 42.5 Å². The molecule has 2 aromatic heterocycles. The van der Waals surface area contributed by atoms with Crippen molar-refractivity contribution in [3.8, 4) is 0 Å². The van der Waals surface area contributed by atoms with E-state index in [4.69, 9.17) is 0 Å². The lowest BCUT2D eigenvalue weighted by molar-refractivity contribution is 0.0971. The van der Waals surface area contributed by atoms with Crippen molar-refractivity contribution in [2.24, 2.45) is 7.05 Å². The molecule has 0 unspecified atom stereocenters. The van der Waals surface area contributed by atoms with Crippen LogP contribution < -0.4 is 4.72 Å². The number of fused-ring (bicyclic) bond motifs is 1. The summed E-state index contributed by atoms with van der Waals surface area (Å²) in [7, 11) is -2.02. The van der Waals surface area contributed by atoms with Gasteiger partial charge < -0.3 is 4.57 Å². The number of carbonyl (C=O) groups is 1. The Morgan fingerprint density at radius 2 is 1.75 bits per heavy atom. The van der Waals surface area contributed by atoms with Gasteiger partial charge in [-0.05, 0) is 35.9 Å². The van der Waals surface area contributed by atoms with Gasteiger partial charge in [0.25, 0.3) is 15.9 Å². The van der Waals surface area contributed by atoms with Gasteiger partial charge >= 0.3 is 0 Å². The first-order valence-electron chi connectivity index (χ1n) is 10.3. The number of benzene rings is 2. The number of carbonyl (C=O) groups excluding carboxylic acids is 1. The van der Waals surface area contributed by atoms with E-state index in [0.29, 0.717) is 12.2 Å². The number of nitrogens with zero attached hydrogens (tertiary/aromatic N) is 3. The van der Waals surface area contributed by atoms with Crippen LogP contribution in [0.2, 0.25) is 0 Å². The lowest BCUT2D eigenvalue weighted by Crippen LogP contribution is -2.32. The largest absolute Gasteiger partial charge is 0.351 e. The Labute approximate surface area is 187 Å². The molecule has 166 valence electrons. The minimum Gasteiger partial charge on any atom is -0.351 e. The van der Waals surface area contributed by atoms with Crippen LogP contribution in [-0.2, 0) is 29.0 Å². The number of aryl methyl sites for hydroxylation is 1. The fraction of sp³-hybridized carbons (Fsp3) is 0.250. The number of hydrogen-bond acceptors (Lipinski definition) is 4. The summed E-state index contributed by atoms with van der Waals surface area (Å²) in [6, 6.07) is 17.5. The summed E-state index contributed by atoms with van der Waals surface area (Å²) in [5.41, 5.74) is 2.66. The molecular weight excluding hydrogens is 424 g/mol. The number of rotatable bonds is 5. The van der Waals surface area contributed by atoms with Crippen molar-refractivity contribution in [1.82, 2.24) is 19.1 Å². The first-order chi connectivity index (χ1) is 15.1. The van der Waals surface area contributed by atoms with E-state index in [9.17, 15) is 13.2 Å². The van der Waals surface area contributed by atoms with Gasteiger partial charge in [0, 0.05) is 29.6 Å². The van der Waals surface area contributed by atoms with Gasteiger partial charge in [0.1, 0.15) is 5.69 Å². The quantitative estimate of drug-likeness (QED) is 0.501. The Morgan fingerprint density at radius 3 is 2.44 bits per heavy atom. The standard InChI is InChI=1S/C24H26N4O3S/c1-24(2,3)22-15-21(23(29)26-32(30,31)18-10-6-5-7-11-18)28(25-22)16-17-9-8-12-20-19(17)13-14-27(20)4/h5-15H,16H2,1-4H3,(H,26,29). The normalized spacial score (nSPS) is 12.2. The fourth-order valence-corrected chi connectivity index (χ4v) is 4.57. The molecule has 8 heteroatoms. The fourth-order valence-electron chi connectivity index (χ4n) is 3.58. The average Bonchev–Trinajstić information content (AvgIpc) is 3.33. The van der Waals surface area contributed by atoms with E-state index in [-0.39, 0.29) is 16.0 Å². The molecule has 0 saturated carbocycles. The molecule has 2 aromatic carbocycles. The number of hydrogen-bond donors (Lipinski definition) is 1. The van der Waals surface area contributed by atoms with Crippen molar-refractivity contribution < 1.29 is 13.2 Å².